The lowest BCUT2D eigenvalue weighted by Gasteiger charge is -2.07. The zero-order chi connectivity index (χ0) is 23.8. The molecule has 0 saturated heterocycles. The van der Waals surface area contributed by atoms with E-state index in [2.05, 4.69) is 20.5 Å². The SMILES string of the molecule is Cc1nn(CC(=O)Nc2cc(C)n(Cc3ccc(Cl)cc3Cl)n2)c2nccc(-c3ccco3)c12. The maximum atomic E-state index is 12.8. The highest BCUT2D eigenvalue weighted by Gasteiger charge is 2.18. The number of amides is 1. The van der Waals surface area contributed by atoms with Crippen LogP contribution in [0.2, 0.25) is 10.0 Å². The third-order valence-corrected chi connectivity index (χ3v) is 6.06. The van der Waals surface area contributed by atoms with E-state index in [1.807, 2.05) is 38.1 Å². The van der Waals surface area contributed by atoms with Crippen LogP contribution in [-0.4, -0.2) is 30.5 Å². The first-order chi connectivity index (χ1) is 16.4. The van der Waals surface area contributed by atoms with Crippen molar-refractivity contribution in [1.82, 2.24) is 24.5 Å². The minimum absolute atomic E-state index is 0.00608. The third-order valence-electron chi connectivity index (χ3n) is 5.47. The van der Waals surface area contributed by atoms with Crippen LogP contribution >= 0.6 is 23.2 Å². The van der Waals surface area contributed by atoms with Crippen LogP contribution in [-0.2, 0) is 17.9 Å². The largest absolute Gasteiger partial charge is 0.464 e. The Bertz CT molecular complexity index is 1500. The Hall–Kier alpha value is -3.62. The molecule has 0 aliphatic rings. The third kappa shape index (κ3) is 4.30. The molecule has 1 aromatic carbocycles. The standard InChI is InChI=1S/C24H20Cl2N6O2/c1-14-10-21(30-31(14)12-16-5-6-17(25)11-19(16)26)28-22(33)13-32-24-23(15(2)29-32)18(7-8-27-24)20-4-3-9-34-20/h3-11H,12-13H2,1-2H3,(H,28,30,33). The number of furan rings is 1. The molecule has 172 valence electrons. The molecule has 1 N–H and O–H groups in total. The minimum Gasteiger partial charge on any atom is -0.464 e. The van der Waals surface area contributed by atoms with Crippen LogP contribution in [0.4, 0.5) is 5.82 Å². The van der Waals surface area contributed by atoms with Crippen molar-refractivity contribution in [2.45, 2.75) is 26.9 Å². The van der Waals surface area contributed by atoms with Gasteiger partial charge in [0.1, 0.15) is 12.3 Å². The first-order valence-electron chi connectivity index (χ1n) is 10.5. The summed E-state index contributed by atoms with van der Waals surface area (Å²) in [5, 5.41) is 13.9. The highest BCUT2D eigenvalue weighted by molar-refractivity contribution is 6.35. The smallest absolute Gasteiger partial charge is 0.247 e. The topological polar surface area (TPSA) is 90.8 Å². The lowest BCUT2D eigenvalue weighted by molar-refractivity contribution is -0.116. The molecule has 1 amide bonds. The molecule has 0 saturated carbocycles. The molecule has 0 radical (unpaired) electrons. The molecule has 0 spiro atoms. The maximum absolute atomic E-state index is 12.8. The Morgan fingerprint density at radius 2 is 1.94 bits per heavy atom. The quantitative estimate of drug-likeness (QED) is 0.336. The molecule has 4 heterocycles. The fourth-order valence-corrected chi connectivity index (χ4v) is 4.36. The number of carbonyl (C=O) groups is 1. The molecule has 4 aromatic heterocycles. The average molecular weight is 495 g/mol. The van der Waals surface area contributed by atoms with Crippen LogP contribution in [0.25, 0.3) is 22.4 Å². The van der Waals surface area contributed by atoms with E-state index in [1.165, 1.54) is 0 Å². The van der Waals surface area contributed by atoms with Crippen molar-refractivity contribution in [2.24, 2.45) is 0 Å². The van der Waals surface area contributed by atoms with Crippen molar-refractivity contribution in [1.29, 1.82) is 0 Å². The zero-order valence-electron chi connectivity index (χ0n) is 18.4. The fraction of sp³-hybridized carbons (Fsp3) is 0.167. The summed E-state index contributed by atoms with van der Waals surface area (Å²) in [6.45, 7) is 4.25. The number of aromatic nitrogens is 5. The molecule has 0 unspecified atom stereocenters. The highest BCUT2D eigenvalue weighted by Crippen LogP contribution is 2.30. The monoisotopic (exact) mass is 494 g/mol. The van der Waals surface area contributed by atoms with E-state index in [0.717, 1.165) is 33.7 Å². The van der Waals surface area contributed by atoms with Crippen molar-refractivity contribution < 1.29 is 9.21 Å². The van der Waals surface area contributed by atoms with Gasteiger partial charge in [0, 0.05) is 33.6 Å². The van der Waals surface area contributed by atoms with Gasteiger partial charge in [-0.3, -0.25) is 9.48 Å². The molecule has 34 heavy (non-hydrogen) atoms. The van der Waals surface area contributed by atoms with Gasteiger partial charge in [-0.25, -0.2) is 9.67 Å². The van der Waals surface area contributed by atoms with Crippen LogP contribution in [0.15, 0.2) is 59.3 Å². The number of anilines is 1. The summed E-state index contributed by atoms with van der Waals surface area (Å²) in [5.41, 5.74) is 4.02. The normalized spacial score (nSPS) is 11.3. The van der Waals surface area contributed by atoms with Crippen molar-refractivity contribution >= 4 is 46.0 Å². The second-order valence-electron chi connectivity index (χ2n) is 7.89. The molecular weight excluding hydrogens is 475 g/mol. The Morgan fingerprint density at radius 1 is 1.09 bits per heavy atom. The molecule has 8 nitrogen and oxygen atoms in total. The van der Waals surface area contributed by atoms with Crippen molar-refractivity contribution in [3.05, 3.63) is 81.9 Å². The predicted molar refractivity (Wildman–Crippen MR) is 131 cm³/mol. The second-order valence-corrected chi connectivity index (χ2v) is 8.73. The highest BCUT2D eigenvalue weighted by atomic mass is 35.5. The number of fused-ring (bicyclic) bond motifs is 1. The van der Waals surface area contributed by atoms with Crippen molar-refractivity contribution in [2.75, 3.05) is 5.32 Å². The van der Waals surface area contributed by atoms with Crippen LogP contribution < -0.4 is 5.32 Å². The number of nitrogens with one attached hydrogen (secondary N) is 1. The van der Waals surface area contributed by atoms with Crippen LogP contribution in [0.1, 0.15) is 17.0 Å². The van der Waals surface area contributed by atoms with E-state index >= 15 is 0 Å². The van der Waals surface area contributed by atoms with Gasteiger partial charge >= 0.3 is 0 Å². The maximum Gasteiger partial charge on any atom is 0.247 e. The Kier molecular flexibility index (Phi) is 5.85. The van der Waals surface area contributed by atoms with Gasteiger partial charge in [-0.15, -0.1) is 0 Å². The van der Waals surface area contributed by atoms with Gasteiger partial charge in [0.25, 0.3) is 0 Å². The number of nitrogens with zero attached hydrogens (tertiary/aromatic N) is 5. The van der Waals surface area contributed by atoms with Gasteiger partial charge in [-0.05, 0) is 49.7 Å². The molecule has 0 atom stereocenters. The summed E-state index contributed by atoms with van der Waals surface area (Å²) in [4.78, 5) is 17.3. The summed E-state index contributed by atoms with van der Waals surface area (Å²) >= 11 is 12.3. The van der Waals surface area contributed by atoms with Crippen molar-refractivity contribution in [3.63, 3.8) is 0 Å². The van der Waals surface area contributed by atoms with E-state index in [0.29, 0.717) is 28.1 Å². The first kappa shape index (κ1) is 22.2. The summed E-state index contributed by atoms with van der Waals surface area (Å²) in [7, 11) is 0. The lowest BCUT2D eigenvalue weighted by atomic mass is 10.1. The fourth-order valence-electron chi connectivity index (χ4n) is 3.89. The van der Waals surface area contributed by atoms with Gasteiger partial charge in [0.05, 0.1) is 23.9 Å². The van der Waals surface area contributed by atoms with E-state index in [-0.39, 0.29) is 12.5 Å². The summed E-state index contributed by atoms with van der Waals surface area (Å²) < 4.78 is 8.91. The van der Waals surface area contributed by atoms with E-state index < -0.39 is 0 Å². The van der Waals surface area contributed by atoms with Crippen LogP contribution in [0.5, 0.6) is 0 Å². The van der Waals surface area contributed by atoms with Gasteiger partial charge < -0.3 is 9.73 Å². The number of rotatable bonds is 6. The second kappa shape index (κ2) is 8.96. The Morgan fingerprint density at radius 3 is 2.71 bits per heavy atom. The molecule has 0 aliphatic heterocycles. The molecule has 5 rings (SSSR count). The van der Waals surface area contributed by atoms with E-state index in [9.17, 15) is 4.79 Å². The molecule has 0 bridgehead atoms. The lowest BCUT2D eigenvalue weighted by Crippen LogP contribution is -2.20. The molecule has 10 heteroatoms. The van der Waals surface area contributed by atoms with Gasteiger partial charge in [0.15, 0.2) is 11.5 Å². The molecule has 0 aliphatic carbocycles. The number of pyridine rings is 1. The Balaban J connectivity index is 1.34. The number of benzene rings is 1. The first-order valence-corrected chi connectivity index (χ1v) is 11.3. The van der Waals surface area contributed by atoms with Gasteiger partial charge in [-0.2, -0.15) is 10.2 Å². The van der Waals surface area contributed by atoms with E-state index in [1.54, 1.807) is 40.0 Å². The zero-order valence-corrected chi connectivity index (χ0v) is 19.9. The van der Waals surface area contributed by atoms with Gasteiger partial charge in [-0.1, -0.05) is 29.3 Å². The average Bonchev–Trinajstić information content (AvgIpc) is 3.51. The minimum atomic E-state index is -0.260. The number of carbonyl (C=O) groups excluding carboxylic acids is 1. The summed E-state index contributed by atoms with van der Waals surface area (Å²) in [5.74, 6) is 0.912. The molecule has 0 fully saturated rings. The summed E-state index contributed by atoms with van der Waals surface area (Å²) in [6, 6.07) is 12.7. The number of hydrogen-bond donors (Lipinski definition) is 1. The van der Waals surface area contributed by atoms with Crippen LogP contribution in [0.3, 0.4) is 0 Å². The summed E-state index contributed by atoms with van der Waals surface area (Å²) in [6.07, 6.45) is 3.30. The molecule has 5 aromatic rings. The van der Waals surface area contributed by atoms with E-state index in [4.69, 9.17) is 27.6 Å². The van der Waals surface area contributed by atoms with Crippen LogP contribution in [0, 0.1) is 13.8 Å². The van der Waals surface area contributed by atoms with Crippen molar-refractivity contribution in [3.8, 4) is 11.3 Å². The molecular formula is C24H20Cl2N6O2. The number of halogens is 2. The van der Waals surface area contributed by atoms with Gasteiger partial charge in [0.2, 0.25) is 5.91 Å². The number of hydrogen-bond acceptors (Lipinski definition) is 5. The number of aryl methyl sites for hydroxylation is 2. The predicted octanol–water partition coefficient (Wildman–Crippen LogP) is 5.50. The Labute approximate surface area is 205 Å².